The number of anilines is 1. The number of nitrogens with one attached hydrogen (secondary N) is 1. The van der Waals surface area contributed by atoms with Gasteiger partial charge in [-0.25, -0.2) is 9.97 Å². The Morgan fingerprint density at radius 1 is 0.906 bits per heavy atom. The third kappa shape index (κ3) is 9.90. The van der Waals surface area contributed by atoms with Gasteiger partial charge < -0.3 is 20.1 Å². The monoisotopic (exact) mass is 734 g/mol. The molecule has 6 rings (SSSR count). The Bertz CT molecular complexity index is 1920. The second-order valence-corrected chi connectivity index (χ2v) is 14.7. The fourth-order valence-corrected chi connectivity index (χ4v) is 7.89. The largest absolute Gasteiger partial charge is 0.497 e. The SMILES string of the molecule is CCC1CCC(C2CC=C(c3cnc(-c4ccc(CN(CC(=O)O)C(=O)c5ccc(NC(=O)Cc6ccc(OC)cc6Cl)cc5)cc4)nc3)CC2)CC1. The molecule has 1 saturated carbocycles. The Labute approximate surface area is 316 Å². The molecule has 2 aliphatic carbocycles. The first kappa shape index (κ1) is 37.7. The molecule has 4 aromatic rings. The molecule has 1 heterocycles. The highest BCUT2D eigenvalue weighted by molar-refractivity contribution is 6.31. The van der Waals surface area contributed by atoms with Crippen LogP contribution in [-0.2, 0) is 22.6 Å². The molecule has 3 aromatic carbocycles. The Hall–Kier alpha value is -5.02. The highest BCUT2D eigenvalue weighted by atomic mass is 35.5. The molecule has 0 saturated heterocycles. The van der Waals surface area contributed by atoms with Crippen LogP contribution in [0, 0.1) is 17.8 Å². The number of allylic oxidation sites excluding steroid dienone is 2. The zero-order chi connectivity index (χ0) is 37.3. The molecule has 9 nitrogen and oxygen atoms in total. The van der Waals surface area contributed by atoms with E-state index < -0.39 is 18.4 Å². The second kappa shape index (κ2) is 17.7. The standard InChI is InChI=1S/C43H47ClN4O5/c1-3-28-4-8-30(9-5-28)31-12-14-32(15-13-31)36-24-45-42(46-25-36)33-10-6-29(7-11-33)26-48(27-41(50)51)43(52)34-16-19-37(20-17-34)47-40(49)22-35-18-21-38(53-2)23-39(35)44/h6-7,10-11,14,16-21,23-25,28,30-31H,3-5,8-9,12-13,15,22,26-27H2,1-2H3,(H,47,49)(H,50,51). The van der Waals surface area contributed by atoms with Crippen LogP contribution in [0.3, 0.4) is 0 Å². The average Bonchev–Trinajstić information content (AvgIpc) is 3.19. The number of carbonyl (C=O) groups excluding carboxylic acids is 2. The van der Waals surface area contributed by atoms with Crippen LogP contribution in [0.25, 0.3) is 17.0 Å². The molecule has 0 spiro atoms. The summed E-state index contributed by atoms with van der Waals surface area (Å²) in [5.74, 6) is 1.98. The maximum atomic E-state index is 13.4. The van der Waals surface area contributed by atoms with Gasteiger partial charge in [-0.2, -0.15) is 0 Å². The van der Waals surface area contributed by atoms with E-state index in [1.165, 1.54) is 49.0 Å². The smallest absolute Gasteiger partial charge is 0.323 e. The number of halogens is 1. The summed E-state index contributed by atoms with van der Waals surface area (Å²) in [4.78, 5) is 48.5. The van der Waals surface area contributed by atoms with Gasteiger partial charge in [0.15, 0.2) is 5.82 Å². The van der Waals surface area contributed by atoms with Crippen molar-refractivity contribution in [3.63, 3.8) is 0 Å². The Morgan fingerprint density at radius 3 is 2.23 bits per heavy atom. The molecule has 2 aliphatic rings. The van der Waals surface area contributed by atoms with Gasteiger partial charge in [-0.15, -0.1) is 0 Å². The molecule has 1 unspecified atom stereocenters. The summed E-state index contributed by atoms with van der Waals surface area (Å²) in [6.45, 7) is 1.95. The zero-order valence-corrected chi connectivity index (χ0v) is 31.1. The number of aromatic nitrogens is 2. The van der Waals surface area contributed by atoms with Crippen LogP contribution in [0.4, 0.5) is 5.69 Å². The van der Waals surface area contributed by atoms with Crippen molar-refractivity contribution in [2.45, 2.75) is 71.3 Å². The molecule has 0 aliphatic heterocycles. The summed E-state index contributed by atoms with van der Waals surface area (Å²) >= 11 is 6.28. The van der Waals surface area contributed by atoms with Gasteiger partial charge in [0.05, 0.1) is 13.5 Å². The number of carboxylic acid groups (broad SMARTS) is 1. The Balaban J connectivity index is 1.03. The van der Waals surface area contributed by atoms with Crippen LogP contribution < -0.4 is 10.1 Å². The predicted molar refractivity (Wildman–Crippen MR) is 208 cm³/mol. The number of nitrogens with zero attached hydrogens (tertiary/aromatic N) is 3. The first-order valence-corrected chi connectivity index (χ1v) is 18.9. The van der Waals surface area contributed by atoms with Gasteiger partial charge in [0.2, 0.25) is 5.91 Å². The normalized spacial score (nSPS) is 18.5. The maximum absolute atomic E-state index is 13.4. The van der Waals surface area contributed by atoms with Gasteiger partial charge in [0.25, 0.3) is 5.91 Å². The summed E-state index contributed by atoms with van der Waals surface area (Å²) in [7, 11) is 1.54. The van der Waals surface area contributed by atoms with E-state index in [0.717, 1.165) is 47.3 Å². The van der Waals surface area contributed by atoms with Gasteiger partial charge in [-0.1, -0.05) is 74.2 Å². The molecule has 10 heteroatoms. The van der Waals surface area contributed by atoms with Gasteiger partial charge >= 0.3 is 5.97 Å². The van der Waals surface area contributed by atoms with E-state index in [4.69, 9.17) is 16.3 Å². The number of hydrogen-bond donors (Lipinski definition) is 2. The fraction of sp³-hybridized carbons (Fsp3) is 0.372. The van der Waals surface area contributed by atoms with Gasteiger partial charge in [0.1, 0.15) is 12.3 Å². The number of hydrogen-bond acceptors (Lipinski definition) is 6. The van der Waals surface area contributed by atoms with E-state index in [1.807, 2.05) is 36.7 Å². The van der Waals surface area contributed by atoms with Crippen LogP contribution in [0.5, 0.6) is 5.75 Å². The van der Waals surface area contributed by atoms with Crippen LogP contribution in [0.15, 0.2) is 85.2 Å². The average molecular weight is 735 g/mol. The van der Waals surface area contributed by atoms with Crippen molar-refractivity contribution in [1.82, 2.24) is 14.9 Å². The maximum Gasteiger partial charge on any atom is 0.323 e. The number of methoxy groups -OCH3 is 1. The summed E-state index contributed by atoms with van der Waals surface area (Å²) in [5, 5.41) is 12.8. The Morgan fingerprint density at radius 2 is 1.62 bits per heavy atom. The zero-order valence-electron chi connectivity index (χ0n) is 30.4. The number of aliphatic carboxylic acids is 1. The number of carboxylic acids is 1. The molecule has 1 fully saturated rings. The summed E-state index contributed by atoms with van der Waals surface area (Å²) in [6.07, 6.45) is 16.6. The first-order chi connectivity index (χ1) is 25.7. The fourth-order valence-electron chi connectivity index (χ4n) is 7.65. The molecule has 0 radical (unpaired) electrons. The Kier molecular flexibility index (Phi) is 12.6. The van der Waals surface area contributed by atoms with Gasteiger partial charge in [0, 0.05) is 46.3 Å². The number of ether oxygens (including phenoxy) is 1. The molecule has 1 aromatic heterocycles. The topological polar surface area (TPSA) is 122 Å². The van der Waals surface area contributed by atoms with Crippen molar-refractivity contribution < 1.29 is 24.2 Å². The second-order valence-electron chi connectivity index (χ2n) is 14.3. The van der Waals surface area contributed by atoms with E-state index >= 15 is 0 Å². The molecule has 1 atom stereocenters. The van der Waals surface area contributed by atoms with Crippen LogP contribution in [0.1, 0.15) is 85.3 Å². The van der Waals surface area contributed by atoms with E-state index in [-0.39, 0.29) is 18.9 Å². The van der Waals surface area contributed by atoms with Crippen molar-refractivity contribution in [2.24, 2.45) is 17.8 Å². The van der Waals surface area contributed by atoms with Crippen LogP contribution in [-0.4, -0.2) is 51.4 Å². The minimum atomic E-state index is -1.12. The van der Waals surface area contributed by atoms with E-state index in [2.05, 4.69) is 28.3 Å². The van der Waals surface area contributed by atoms with E-state index in [1.54, 1.807) is 49.6 Å². The van der Waals surface area contributed by atoms with Gasteiger partial charge in [-0.05, 0) is 103 Å². The third-order valence-corrected chi connectivity index (χ3v) is 11.2. The molecule has 2 N–H and O–H groups in total. The van der Waals surface area contributed by atoms with Crippen molar-refractivity contribution in [2.75, 3.05) is 19.0 Å². The van der Waals surface area contributed by atoms with E-state index in [0.29, 0.717) is 33.4 Å². The quantitative estimate of drug-likeness (QED) is 0.141. The van der Waals surface area contributed by atoms with Crippen molar-refractivity contribution in [3.8, 4) is 17.1 Å². The van der Waals surface area contributed by atoms with Crippen LogP contribution >= 0.6 is 11.6 Å². The lowest BCUT2D eigenvalue weighted by Gasteiger charge is -2.35. The molecular weight excluding hydrogens is 688 g/mol. The highest BCUT2D eigenvalue weighted by Crippen LogP contribution is 2.41. The number of carbonyl (C=O) groups is 3. The minimum absolute atomic E-state index is 0.0602. The molecule has 276 valence electrons. The lowest BCUT2D eigenvalue weighted by molar-refractivity contribution is -0.137. The summed E-state index contributed by atoms with van der Waals surface area (Å²) < 4.78 is 5.16. The number of benzene rings is 3. The predicted octanol–water partition coefficient (Wildman–Crippen LogP) is 9.11. The van der Waals surface area contributed by atoms with Crippen molar-refractivity contribution in [1.29, 1.82) is 0 Å². The number of rotatable bonds is 13. The molecule has 2 amide bonds. The third-order valence-electron chi connectivity index (χ3n) is 10.8. The van der Waals surface area contributed by atoms with Crippen molar-refractivity contribution in [3.05, 3.63) is 112 Å². The lowest BCUT2D eigenvalue weighted by Crippen LogP contribution is -2.35. The molecule has 53 heavy (non-hydrogen) atoms. The van der Waals surface area contributed by atoms with E-state index in [9.17, 15) is 19.5 Å². The first-order valence-electron chi connectivity index (χ1n) is 18.5. The minimum Gasteiger partial charge on any atom is -0.497 e. The van der Waals surface area contributed by atoms with Crippen LogP contribution in [0.2, 0.25) is 5.02 Å². The number of amides is 2. The molecule has 0 bridgehead atoms. The molecular formula is C43H47ClN4O5. The highest BCUT2D eigenvalue weighted by Gasteiger charge is 2.28. The lowest BCUT2D eigenvalue weighted by atomic mass is 9.71. The van der Waals surface area contributed by atoms with Crippen molar-refractivity contribution >= 4 is 40.6 Å². The van der Waals surface area contributed by atoms with Gasteiger partial charge in [-0.3, -0.25) is 14.4 Å². The summed E-state index contributed by atoms with van der Waals surface area (Å²) in [5.41, 5.74) is 5.47. The summed E-state index contributed by atoms with van der Waals surface area (Å²) in [6, 6.07) is 19.0.